The van der Waals surface area contributed by atoms with Crippen LogP contribution >= 0.6 is 15.6 Å². The molecule has 9 atom stereocenters. The van der Waals surface area contributed by atoms with Gasteiger partial charge in [0.15, 0.2) is 34.8 Å². The lowest BCUT2D eigenvalue weighted by atomic mass is 10.1. The molecule has 4 aromatic heterocycles. The lowest BCUT2D eigenvalue weighted by molar-refractivity contribution is -0.0504. The van der Waals surface area contributed by atoms with E-state index in [1.165, 1.54) is 10.9 Å². The van der Waals surface area contributed by atoms with Crippen LogP contribution in [0, 0.1) is 0 Å². The first-order valence-corrected chi connectivity index (χ1v) is 15.7. The lowest BCUT2D eigenvalue weighted by Crippen LogP contribution is -2.33. The van der Waals surface area contributed by atoms with Gasteiger partial charge >= 0.3 is 15.6 Å². The third kappa shape index (κ3) is 6.14. The molecule has 5 unspecified atom stereocenters. The smallest absolute Gasteiger partial charge is 0.387 e. The van der Waals surface area contributed by atoms with Crippen molar-refractivity contribution >= 4 is 38.0 Å². The van der Waals surface area contributed by atoms with Crippen LogP contribution < -0.4 is 10.1 Å². The summed E-state index contributed by atoms with van der Waals surface area (Å²) in [5.74, 6) is -0.550. The number of phosphoric ester groups is 2. The second-order valence-corrected chi connectivity index (χ2v) is 12.4. The highest BCUT2D eigenvalue weighted by atomic mass is 31.2. The number of aromatic nitrogens is 8. The number of aliphatic hydroxyl groups excluding tert-OH is 4. The third-order valence-corrected chi connectivity index (χ3v) is 8.29. The van der Waals surface area contributed by atoms with Gasteiger partial charge in [-0.15, -0.1) is 0 Å². The van der Waals surface area contributed by atoms with Gasteiger partial charge in [-0.1, -0.05) is 0 Å². The van der Waals surface area contributed by atoms with Crippen molar-refractivity contribution in [3.05, 3.63) is 35.7 Å². The molecule has 6 rings (SSSR count). The van der Waals surface area contributed by atoms with E-state index in [-0.39, 0.29) is 22.3 Å². The molecule has 244 valence electrons. The predicted octanol–water partition coefficient (Wildman–Crippen LogP) is -3.20. The molecule has 45 heavy (non-hydrogen) atoms. The fourth-order valence-corrected chi connectivity index (χ4v) is 5.88. The lowest BCUT2D eigenvalue weighted by Gasteiger charge is -2.18. The predicted molar refractivity (Wildman–Crippen MR) is 140 cm³/mol. The molecule has 8 N–H and O–H groups in total. The molecule has 4 aromatic rings. The van der Waals surface area contributed by atoms with E-state index in [0.717, 1.165) is 23.5 Å². The number of rotatable bonds is 10. The summed E-state index contributed by atoms with van der Waals surface area (Å²) in [7, 11) is -9.91. The highest BCUT2D eigenvalue weighted by Crippen LogP contribution is 2.46. The Morgan fingerprint density at radius 3 is 1.93 bits per heavy atom. The standard InChI is InChI=1S/C20H24N8O15P2/c29-11-7(1-39-44(34,35)36)41-20(13(11)31)28-6-26-10-16(28)22-4-24-18(10)43-45(37,38)40-2-8-12(30)14(32)19(42-8)27-5-25-9-15(27)21-3-23-17(9)33/h3-8,11-14,19-20,29-32H,1-2H2,(H,37,38)(H,21,23,33)(H2,34,35,36)/t7-,8-,11?,12?,13?,14?,19-,20-/m1/s1. The van der Waals surface area contributed by atoms with Gasteiger partial charge in [-0.2, -0.15) is 4.98 Å². The number of ether oxygens (including phenoxy) is 2. The minimum absolute atomic E-state index is 0.0479. The maximum absolute atomic E-state index is 12.8. The van der Waals surface area contributed by atoms with Crippen LogP contribution in [0.1, 0.15) is 12.5 Å². The molecule has 25 heteroatoms. The summed E-state index contributed by atoms with van der Waals surface area (Å²) in [4.78, 5) is 62.2. The minimum Gasteiger partial charge on any atom is -0.387 e. The van der Waals surface area contributed by atoms with Crippen LogP contribution in [-0.2, 0) is 27.7 Å². The number of phosphoric acid groups is 2. The Hall–Kier alpha value is -3.28. The maximum Gasteiger partial charge on any atom is 0.528 e. The SMILES string of the molecule is O=c1[nH]cnc2c1ncn2[C@@H]1O[C@H](COP(=O)(O)Oc2ncnc3c2ncn3[C@@H]2O[C@H](COP(=O)(O)O)C(O)C2O)C(O)C1O. The van der Waals surface area contributed by atoms with Gasteiger partial charge in [0.25, 0.3) is 11.4 Å². The first kappa shape index (κ1) is 31.7. The normalized spacial score (nSPS) is 30.3. The van der Waals surface area contributed by atoms with E-state index in [1.54, 1.807) is 0 Å². The number of H-pyrrole nitrogens is 1. The van der Waals surface area contributed by atoms with Crippen molar-refractivity contribution in [1.82, 2.24) is 39.0 Å². The van der Waals surface area contributed by atoms with Gasteiger partial charge in [0, 0.05) is 0 Å². The van der Waals surface area contributed by atoms with Gasteiger partial charge in [-0.05, 0) is 0 Å². The summed E-state index contributed by atoms with van der Waals surface area (Å²) in [6, 6.07) is 0. The summed E-state index contributed by atoms with van der Waals surface area (Å²) in [5.41, 5.74) is -0.857. The van der Waals surface area contributed by atoms with Crippen molar-refractivity contribution in [1.29, 1.82) is 0 Å². The molecule has 0 aromatic carbocycles. The highest BCUT2D eigenvalue weighted by Gasteiger charge is 2.47. The van der Waals surface area contributed by atoms with Crippen LogP contribution in [0.3, 0.4) is 0 Å². The number of nitrogens with zero attached hydrogens (tertiary/aromatic N) is 7. The first-order chi connectivity index (χ1) is 21.2. The second-order valence-electron chi connectivity index (χ2n) is 9.79. The number of aromatic amines is 1. The van der Waals surface area contributed by atoms with Crippen LogP contribution in [0.15, 0.2) is 30.1 Å². The summed E-state index contributed by atoms with van der Waals surface area (Å²) < 4.78 is 51.7. The van der Waals surface area contributed by atoms with Crippen LogP contribution in [0.4, 0.5) is 0 Å². The zero-order chi connectivity index (χ0) is 32.3. The van der Waals surface area contributed by atoms with Gasteiger partial charge in [0.1, 0.15) is 43.0 Å². The summed E-state index contributed by atoms with van der Waals surface area (Å²) >= 11 is 0. The van der Waals surface area contributed by atoms with E-state index in [4.69, 9.17) is 28.3 Å². The maximum atomic E-state index is 12.8. The molecule has 0 aliphatic carbocycles. The van der Waals surface area contributed by atoms with Crippen molar-refractivity contribution in [2.24, 2.45) is 0 Å². The van der Waals surface area contributed by atoms with Crippen LogP contribution in [0.5, 0.6) is 5.88 Å². The molecule has 0 spiro atoms. The Morgan fingerprint density at radius 1 is 0.778 bits per heavy atom. The van der Waals surface area contributed by atoms with Crippen LogP contribution in [0.2, 0.25) is 0 Å². The van der Waals surface area contributed by atoms with Gasteiger partial charge in [-0.25, -0.2) is 29.1 Å². The molecule has 0 bridgehead atoms. The van der Waals surface area contributed by atoms with Crippen molar-refractivity contribution in [2.75, 3.05) is 13.2 Å². The Balaban J connectivity index is 1.14. The minimum atomic E-state index is -5.02. The van der Waals surface area contributed by atoms with E-state index in [0.29, 0.717) is 0 Å². The molecule has 6 heterocycles. The topological polar surface area (TPSA) is 329 Å². The number of imidazole rings is 2. The zero-order valence-electron chi connectivity index (χ0n) is 22.3. The molecule has 2 saturated heterocycles. The Kier molecular flexibility index (Phi) is 8.33. The number of hydrogen-bond acceptors (Lipinski definition) is 17. The van der Waals surface area contributed by atoms with E-state index in [9.17, 15) is 39.2 Å². The summed E-state index contributed by atoms with van der Waals surface area (Å²) in [5, 5.41) is 41.8. The molecule has 0 radical (unpaired) electrons. The molecule has 2 fully saturated rings. The zero-order valence-corrected chi connectivity index (χ0v) is 24.1. The van der Waals surface area contributed by atoms with Gasteiger partial charge in [-0.3, -0.25) is 27.9 Å². The average molecular weight is 678 g/mol. The van der Waals surface area contributed by atoms with E-state index in [1.807, 2.05) is 0 Å². The number of hydrogen-bond donors (Lipinski definition) is 8. The van der Waals surface area contributed by atoms with Crippen molar-refractivity contribution < 1.29 is 67.3 Å². The molecule has 2 aliphatic heterocycles. The largest absolute Gasteiger partial charge is 0.528 e. The molecule has 0 amide bonds. The molecule has 0 saturated carbocycles. The first-order valence-electron chi connectivity index (χ1n) is 12.7. The van der Waals surface area contributed by atoms with E-state index in [2.05, 4.69) is 34.4 Å². The van der Waals surface area contributed by atoms with Crippen LogP contribution in [-0.4, -0.2) is 124 Å². The van der Waals surface area contributed by atoms with Gasteiger partial charge in [0.05, 0.1) is 32.2 Å². The van der Waals surface area contributed by atoms with Crippen molar-refractivity contribution in [2.45, 2.75) is 49.1 Å². The summed E-state index contributed by atoms with van der Waals surface area (Å²) in [6.45, 7) is -1.52. The Bertz CT molecular complexity index is 1860. The quantitative estimate of drug-likeness (QED) is 0.0766. The molecular formula is C20H24N8O15P2. The number of nitrogens with one attached hydrogen (secondary N) is 1. The fourth-order valence-electron chi connectivity index (χ4n) is 4.80. The molecular weight excluding hydrogens is 654 g/mol. The molecule has 2 aliphatic rings. The van der Waals surface area contributed by atoms with Crippen molar-refractivity contribution in [3.8, 4) is 5.88 Å². The monoisotopic (exact) mass is 678 g/mol. The van der Waals surface area contributed by atoms with Gasteiger partial charge in [0.2, 0.25) is 0 Å². The Morgan fingerprint density at radius 2 is 1.33 bits per heavy atom. The Labute approximate surface area is 248 Å². The van der Waals surface area contributed by atoms with Crippen LogP contribution in [0.25, 0.3) is 22.3 Å². The highest BCUT2D eigenvalue weighted by molar-refractivity contribution is 7.47. The van der Waals surface area contributed by atoms with E-state index >= 15 is 0 Å². The average Bonchev–Trinajstić information content (AvgIpc) is 3.73. The second kappa shape index (κ2) is 11.8. The summed E-state index contributed by atoms with van der Waals surface area (Å²) in [6.07, 6.45) is -7.53. The number of fused-ring (bicyclic) bond motifs is 2. The van der Waals surface area contributed by atoms with Gasteiger partial charge < -0.3 is 49.2 Å². The van der Waals surface area contributed by atoms with E-state index < -0.39 is 89.4 Å². The third-order valence-electron chi connectivity index (χ3n) is 6.92. The molecule has 23 nitrogen and oxygen atoms in total. The number of aliphatic hydroxyl groups is 4. The fraction of sp³-hybridized carbons (Fsp3) is 0.500. The van der Waals surface area contributed by atoms with Crippen molar-refractivity contribution in [3.63, 3.8) is 0 Å².